The maximum absolute atomic E-state index is 5.58. The molecule has 1 fully saturated rings. The van der Waals surface area contributed by atoms with Gasteiger partial charge >= 0.3 is 0 Å². The molecule has 4 nitrogen and oxygen atoms in total. The quantitative estimate of drug-likeness (QED) is 0.901. The number of ether oxygens (including phenoxy) is 1. The standard InChI is InChI=1S/C14H25N3OS/c1-5-11-9-18-7-6-17(11)14-16-13(10(2)3)12(19-14)8-15-4/h10-11,15H,5-9H2,1-4H3. The molecule has 1 unspecified atom stereocenters. The van der Waals surface area contributed by atoms with Gasteiger partial charge in [0.2, 0.25) is 0 Å². The Labute approximate surface area is 120 Å². The lowest BCUT2D eigenvalue weighted by molar-refractivity contribution is 0.0929. The van der Waals surface area contributed by atoms with E-state index >= 15 is 0 Å². The molecule has 1 saturated heterocycles. The van der Waals surface area contributed by atoms with Crippen LogP contribution in [0.2, 0.25) is 0 Å². The van der Waals surface area contributed by atoms with Gasteiger partial charge in [-0.3, -0.25) is 0 Å². The Morgan fingerprint density at radius 1 is 1.53 bits per heavy atom. The van der Waals surface area contributed by atoms with Gasteiger partial charge in [-0.1, -0.05) is 20.8 Å². The second kappa shape index (κ2) is 6.68. The molecule has 0 aliphatic carbocycles. The van der Waals surface area contributed by atoms with Crippen molar-refractivity contribution in [3.63, 3.8) is 0 Å². The minimum absolute atomic E-state index is 0.474. The monoisotopic (exact) mass is 283 g/mol. The molecule has 0 radical (unpaired) electrons. The number of nitrogens with zero attached hydrogens (tertiary/aromatic N) is 2. The molecular formula is C14H25N3OS. The van der Waals surface area contributed by atoms with Crippen LogP contribution in [-0.2, 0) is 11.3 Å². The number of rotatable bonds is 5. The second-order valence-corrected chi connectivity index (χ2v) is 6.38. The zero-order valence-corrected chi connectivity index (χ0v) is 13.2. The van der Waals surface area contributed by atoms with Gasteiger partial charge in [-0.2, -0.15) is 0 Å². The van der Waals surface area contributed by atoms with Gasteiger partial charge in [0.15, 0.2) is 5.13 Å². The first-order valence-corrected chi connectivity index (χ1v) is 7.97. The van der Waals surface area contributed by atoms with Gasteiger partial charge in [0.05, 0.1) is 24.9 Å². The molecule has 0 saturated carbocycles. The van der Waals surface area contributed by atoms with Gasteiger partial charge in [-0.25, -0.2) is 4.98 Å². The van der Waals surface area contributed by atoms with Crippen LogP contribution in [0.1, 0.15) is 43.7 Å². The molecule has 0 amide bonds. The van der Waals surface area contributed by atoms with Crippen molar-refractivity contribution < 1.29 is 4.74 Å². The number of morpholine rings is 1. The molecule has 1 aliphatic heterocycles. The molecule has 0 aromatic carbocycles. The maximum Gasteiger partial charge on any atom is 0.186 e. The lowest BCUT2D eigenvalue weighted by Gasteiger charge is -2.34. The highest BCUT2D eigenvalue weighted by Gasteiger charge is 2.25. The molecule has 1 aliphatic rings. The van der Waals surface area contributed by atoms with Crippen molar-refractivity contribution in [1.29, 1.82) is 0 Å². The fraction of sp³-hybridized carbons (Fsp3) is 0.786. The third-order valence-electron chi connectivity index (χ3n) is 3.54. The van der Waals surface area contributed by atoms with Crippen LogP contribution in [0.3, 0.4) is 0 Å². The highest BCUT2D eigenvalue weighted by Crippen LogP contribution is 2.32. The summed E-state index contributed by atoms with van der Waals surface area (Å²) in [6, 6.07) is 0.474. The normalized spacial score (nSPS) is 20.3. The Kier molecular flexibility index (Phi) is 5.19. The van der Waals surface area contributed by atoms with Crippen LogP contribution >= 0.6 is 11.3 Å². The number of hydrogen-bond acceptors (Lipinski definition) is 5. The van der Waals surface area contributed by atoms with Crippen molar-refractivity contribution in [1.82, 2.24) is 10.3 Å². The summed E-state index contributed by atoms with van der Waals surface area (Å²) in [4.78, 5) is 8.70. The Morgan fingerprint density at radius 2 is 2.32 bits per heavy atom. The Morgan fingerprint density at radius 3 is 2.95 bits per heavy atom. The average molecular weight is 283 g/mol. The SMILES string of the molecule is CCC1COCCN1c1nc(C(C)C)c(CNC)s1. The molecule has 5 heteroatoms. The van der Waals surface area contributed by atoms with E-state index in [-0.39, 0.29) is 0 Å². The topological polar surface area (TPSA) is 37.4 Å². The number of aromatic nitrogens is 1. The third kappa shape index (κ3) is 3.27. The molecule has 0 bridgehead atoms. The van der Waals surface area contributed by atoms with E-state index in [0.29, 0.717) is 12.0 Å². The lowest BCUT2D eigenvalue weighted by Crippen LogP contribution is -2.45. The van der Waals surface area contributed by atoms with Gasteiger partial charge in [0.1, 0.15) is 0 Å². The zero-order chi connectivity index (χ0) is 13.8. The van der Waals surface area contributed by atoms with Gasteiger partial charge in [0, 0.05) is 18.0 Å². The first kappa shape index (κ1) is 14.8. The predicted molar refractivity (Wildman–Crippen MR) is 81.2 cm³/mol. The van der Waals surface area contributed by atoms with Gasteiger partial charge in [0.25, 0.3) is 0 Å². The van der Waals surface area contributed by atoms with Crippen LogP contribution in [0, 0.1) is 0 Å². The summed E-state index contributed by atoms with van der Waals surface area (Å²) < 4.78 is 5.58. The molecule has 1 aromatic rings. The van der Waals surface area contributed by atoms with Crippen molar-refractivity contribution >= 4 is 16.5 Å². The van der Waals surface area contributed by atoms with Crippen LogP contribution in [0.5, 0.6) is 0 Å². The van der Waals surface area contributed by atoms with Crippen LogP contribution in [0.4, 0.5) is 5.13 Å². The van der Waals surface area contributed by atoms with E-state index in [1.165, 1.54) is 15.7 Å². The van der Waals surface area contributed by atoms with E-state index in [4.69, 9.17) is 9.72 Å². The fourth-order valence-electron chi connectivity index (χ4n) is 2.46. The van der Waals surface area contributed by atoms with E-state index in [0.717, 1.165) is 32.7 Å². The van der Waals surface area contributed by atoms with Crippen molar-refractivity contribution in [2.45, 2.75) is 45.7 Å². The molecular weight excluding hydrogens is 258 g/mol. The summed E-state index contributed by atoms with van der Waals surface area (Å²) in [6.07, 6.45) is 1.11. The Bertz CT molecular complexity index is 405. The van der Waals surface area contributed by atoms with E-state index in [9.17, 15) is 0 Å². The van der Waals surface area contributed by atoms with Crippen LogP contribution in [-0.4, -0.2) is 37.8 Å². The Hall–Kier alpha value is -0.650. The van der Waals surface area contributed by atoms with Crippen LogP contribution in [0.15, 0.2) is 0 Å². The molecule has 0 spiro atoms. The molecule has 1 N–H and O–H groups in total. The van der Waals surface area contributed by atoms with Crippen LogP contribution in [0.25, 0.3) is 0 Å². The highest BCUT2D eigenvalue weighted by molar-refractivity contribution is 7.15. The van der Waals surface area contributed by atoms with Crippen molar-refractivity contribution in [2.24, 2.45) is 0 Å². The van der Waals surface area contributed by atoms with Gasteiger partial charge in [-0.05, 0) is 19.4 Å². The largest absolute Gasteiger partial charge is 0.377 e. The summed E-state index contributed by atoms with van der Waals surface area (Å²) >= 11 is 1.83. The fourth-order valence-corrected chi connectivity index (χ4v) is 3.78. The predicted octanol–water partition coefficient (Wildman–Crippen LogP) is 2.60. The van der Waals surface area contributed by atoms with Crippen molar-refractivity contribution in [2.75, 3.05) is 31.7 Å². The number of thiazole rings is 1. The maximum atomic E-state index is 5.58. The minimum atomic E-state index is 0.474. The summed E-state index contributed by atoms with van der Waals surface area (Å²) in [5, 5.41) is 4.42. The summed E-state index contributed by atoms with van der Waals surface area (Å²) in [6.45, 7) is 10.2. The van der Waals surface area contributed by atoms with Gasteiger partial charge in [-0.15, -0.1) is 11.3 Å². The highest BCUT2D eigenvalue weighted by atomic mass is 32.1. The number of anilines is 1. The number of hydrogen-bond donors (Lipinski definition) is 1. The first-order valence-electron chi connectivity index (χ1n) is 7.15. The zero-order valence-electron chi connectivity index (χ0n) is 12.4. The van der Waals surface area contributed by atoms with Crippen LogP contribution < -0.4 is 10.2 Å². The van der Waals surface area contributed by atoms with E-state index < -0.39 is 0 Å². The van der Waals surface area contributed by atoms with Gasteiger partial charge < -0.3 is 15.0 Å². The van der Waals surface area contributed by atoms with E-state index in [2.05, 4.69) is 31.0 Å². The van der Waals surface area contributed by atoms with Crippen molar-refractivity contribution in [3.05, 3.63) is 10.6 Å². The second-order valence-electron chi connectivity index (χ2n) is 5.32. The Balaban J connectivity index is 2.25. The summed E-state index contributed by atoms with van der Waals surface area (Å²) in [7, 11) is 1.99. The molecule has 2 heterocycles. The molecule has 19 heavy (non-hydrogen) atoms. The molecule has 2 rings (SSSR count). The van der Waals surface area contributed by atoms with E-state index in [1.807, 2.05) is 18.4 Å². The third-order valence-corrected chi connectivity index (χ3v) is 4.65. The summed E-state index contributed by atoms with van der Waals surface area (Å²) in [5.41, 5.74) is 1.25. The molecule has 1 atom stereocenters. The minimum Gasteiger partial charge on any atom is -0.377 e. The van der Waals surface area contributed by atoms with E-state index in [1.54, 1.807) is 0 Å². The average Bonchev–Trinajstić information content (AvgIpc) is 2.83. The number of nitrogens with one attached hydrogen (secondary N) is 1. The molecule has 1 aromatic heterocycles. The first-order chi connectivity index (χ1) is 9.17. The molecule has 108 valence electrons. The summed E-state index contributed by atoms with van der Waals surface area (Å²) in [5.74, 6) is 0.481. The smallest absolute Gasteiger partial charge is 0.186 e. The van der Waals surface area contributed by atoms with Crippen molar-refractivity contribution in [3.8, 4) is 0 Å². The lowest BCUT2D eigenvalue weighted by atomic mass is 10.1.